The van der Waals surface area contributed by atoms with Crippen LogP contribution in [0.25, 0.3) is 0 Å². The monoisotopic (exact) mass is 603 g/mol. The molecule has 1 aliphatic rings. The highest BCUT2D eigenvalue weighted by molar-refractivity contribution is 6.30. The number of carbonyl (C=O) groups excluding carboxylic acids is 1. The molecule has 1 saturated heterocycles. The van der Waals surface area contributed by atoms with Crippen LogP contribution in [0.4, 0.5) is 5.69 Å². The second-order valence-electron chi connectivity index (χ2n) is 8.79. The fourth-order valence-corrected chi connectivity index (χ4v) is 3.99. The maximum atomic E-state index is 12.4. The quantitative estimate of drug-likeness (QED) is 0.205. The third kappa shape index (κ3) is 11.8. The van der Waals surface area contributed by atoms with E-state index in [4.69, 9.17) is 55.6 Å². The number of nitrogens with zero attached hydrogens (tertiary/aromatic N) is 1. The van der Waals surface area contributed by atoms with Crippen molar-refractivity contribution in [3.05, 3.63) is 88.8 Å². The minimum absolute atomic E-state index is 0.149. The van der Waals surface area contributed by atoms with Gasteiger partial charge in [-0.2, -0.15) is 0 Å². The number of anilines is 1. The Hall–Kier alpha value is -4.72. The number of amides is 1. The van der Waals surface area contributed by atoms with E-state index in [1.807, 2.05) is 24.3 Å². The Morgan fingerprint density at radius 3 is 1.95 bits per heavy atom. The van der Waals surface area contributed by atoms with Gasteiger partial charge in [0, 0.05) is 29.4 Å². The van der Waals surface area contributed by atoms with Gasteiger partial charge in [-0.3, -0.25) is 9.69 Å². The third-order valence-corrected chi connectivity index (χ3v) is 6.03. The molecule has 1 aliphatic heterocycles. The Labute approximate surface area is 245 Å². The molecular formula is C28H30ClN3O10. The summed E-state index contributed by atoms with van der Waals surface area (Å²) in [6.07, 6.45) is 4.23. The van der Waals surface area contributed by atoms with Crippen LogP contribution in [0.1, 0.15) is 40.6 Å². The summed E-state index contributed by atoms with van der Waals surface area (Å²) in [5.41, 5.74) is 2.47. The summed E-state index contributed by atoms with van der Waals surface area (Å²) in [5.74, 6) is -6.44. The summed E-state index contributed by atoms with van der Waals surface area (Å²) in [6, 6.07) is 19.0. The van der Waals surface area contributed by atoms with Crippen molar-refractivity contribution in [1.82, 2.24) is 10.2 Å². The summed E-state index contributed by atoms with van der Waals surface area (Å²) in [5, 5.41) is 36.7. The molecule has 14 heteroatoms. The van der Waals surface area contributed by atoms with Crippen molar-refractivity contribution in [2.24, 2.45) is 0 Å². The van der Waals surface area contributed by atoms with Crippen molar-refractivity contribution in [3.63, 3.8) is 0 Å². The highest BCUT2D eigenvalue weighted by atomic mass is 35.5. The van der Waals surface area contributed by atoms with Crippen LogP contribution in [-0.4, -0.2) is 74.7 Å². The number of carbonyl (C=O) groups is 5. The summed E-state index contributed by atoms with van der Waals surface area (Å²) in [6.45, 7) is 3.75. The number of carboxylic acid groups (broad SMARTS) is 4. The standard InChI is InChI=1S/C24H26ClN3O2.2C2H2O4/c25-20-10-8-19(9-11-20)24(29)27-21-6-3-5-18(15-21)16-26-17-22(23-7-4-14-30-23)28-12-1-2-13-28;2*3-1(4)2(5)6/h3-11,14-15,22,26H,1-2,12-13,16-17H2,(H,27,29);2*(H,3,4)(H,5,6). The Morgan fingerprint density at radius 2 is 1.43 bits per heavy atom. The maximum absolute atomic E-state index is 12.4. The van der Waals surface area contributed by atoms with Gasteiger partial charge in [0.25, 0.3) is 5.91 Å². The van der Waals surface area contributed by atoms with E-state index in [0.717, 1.165) is 43.2 Å². The zero-order valence-electron chi connectivity index (χ0n) is 22.2. The summed E-state index contributed by atoms with van der Waals surface area (Å²) in [4.78, 5) is 51.3. The first kappa shape index (κ1) is 33.5. The molecule has 13 nitrogen and oxygen atoms in total. The molecule has 0 bridgehead atoms. The number of aliphatic carboxylic acids is 4. The van der Waals surface area contributed by atoms with Crippen LogP contribution in [0, 0.1) is 0 Å². The molecule has 42 heavy (non-hydrogen) atoms. The summed E-state index contributed by atoms with van der Waals surface area (Å²) < 4.78 is 5.69. The molecule has 1 atom stereocenters. The predicted octanol–water partition coefficient (Wildman–Crippen LogP) is 3.42. The van der Waals surface area contributed by atoms with Crippen LogP contribution in [-0.2, 0) is 25.7 Å². The molecule has 1 unspecified atom stereocenters. The van der Waals surface area contributed by atoms with Gasteiger partial charge in [0.1, 0.15) is 5.76 Å². The van der Waals surface area contributed by atoms with Gasteiger partial charge in [0.15, 0.2) is 0 Å². The number of furan rings is 1. The number of hydrogen-bond donors (Lipinski definition) is 6. The molecule has 1 amide bonds. The molecule has 2 aromatic carbocycles. The molecule has 224 valence electrons. The van der Waals surface area contributed by atoms with Gasteiger partial charge in [-0.1, -0.05) is 23.7 Å². The Kier molecular flexibility index (Phi) is 13.7. The first-order chi connectivity index (χ1) is 20.0. The van der Waals surface area contributed by atoms with Crippen LogP contribution in [0.15, 0.2) is 71.3 Å². The third-order valence-electron chi connectivity index (χ3n) is 5.78. The molecule has 3 aromatic rings. The molecule has 1 aromatic heterocycles. The molecule has 6 N–H and O–H groups in total. The van der Waals surface area contributed by atoms with Crippen molar-refractivity contribution < 1.29 is 48.8 Å². The zero-order chi connectivity index (χ0) is 31.1. The molecule has 0 aliphatic carbocycles. The van der Waals surface area contributed by atoms with Gasteiger partial charge in [0.05, 0.1) is 12.3 Å². The lowest BCUT2D eigenvalue weighted by molar-refractivity contribution is -0.159. The highest BCUT2D eigenvalue weighted by Crippen LogP contribution is 2.25. The van der Waals surface area contributed by atoms with Gasteiger partial charge >= 0.3 is 23.9 Å². The fraction of sp³-hybridized carbons (Fsp3) is 0.250. The van der Waals surface area contributed by atoms with Gasteiger partial charge in [0.2, 0.25) is 0 Å². The number of benzene rings is 2. The van der Waals surface area contributed by atoms with E-state index in [9.17, 15) is 4.79 Å². The number of likely N-dealkylation sites (tertiary alicyclic amines) is 1. The summed E-state index contributed by atoms with van der Waals surface area (Å²) in [7, 11) is 0. The van der Waals surface area contributed by atoms with Gasteiger partial charge < -0.3 is 35.5 Å². The van der Waals surface area contributed by atoms with Crippen molar-refractivity contribution in [1.29, 1.82) is 0 Å². The van der Waals surface area contributed by atoms with Crippen LogP contribution < -0.4 is 10.6 Å². The minimum atomic E-state index is -1.82. The lowest BCUT2D eigenvalue weighted by Gasteiger charge is -2.26. The fourth-order valence-electron chi connectivity index (χ4n) is 3.86. The van der Waals surface area contributed by atoms with E-state index in [2.05, 4.69) is 27.7 Å². The van der Waals surface area contributed by atoms with Crippen molar-refractivity contribution in [2.45, 2.75) is 25.4 Å². The lowest BCUT2D eigenvalue weighted by atomic mass is 10.1. The van der Waals surface area contributed by atoms with Gasteiger partial charge in [-0.15, -0.1) is 0 Å². The molecule has 0 radical (unpaired) electrons. The van der Waals surface area contributed by atoms with Crippen LogP contribution in [0.3, 0.4) is 0 Å². The first-order valence-electron chi connectivity index (χ1n) is 12.5. The minimum Gasteiger partial charge on any atom is -0.473 e. The zero-order valence-corrected chi connectivity index (χ0v) is 23.0. The number of rotatable bonds is 8. The molecule has 0 saturated carbocycles. The second kappa shape index (κ2) is 17.2. The largest absolute Gasteiger partial charge is 0.473 e. The molecular weight excluding hydrogens is 574 g/mol. The van der Waals surface area contributed by atoms with Crippen molar-refractivity contribution >= 4 is 47.1 Å². The Bertz CT molecular complexity index is 1290. The normalized spacial score (nSPS) is 13.0. The molecule has 1 fully saturated rings. The van der Waals surface area contributed by atoms with Crippen LogP contribution in [0.5, 0.6) is 0 Å². The smallest absolute Gasteiger partial charge is 0.414 e. The number of hydrogen-bond acceptors (Lipinski definition) is 8. The lowest BCUT2D eigenvalue weighted by Crippen LogP contribution is -2.33. The van der Waals surface area contributed by atoms with E-state index in [1.165, 1.54) is 12.8 Å². The van der Waals surface area contributed by atoms with E-state index >= 15 is 0 Å². The van der Waals surface area contributed by atoms with E-state index in [1.54, 1.807) is 30.5 Å². The van der Waals surface area contributed by atoms with Crippen LogP contribution in [0.2, 0.25) is 5.02 Å². The van der Waals surface area contributed by atoms with Gasteiger partial charge in [-0.05, 0) is 80.0 Å². The Balaban J connectivity index is 0.000000434. The topological polar surface area (TPSA) is 207 Å². The van der Waals surface area contributed by atoms with Crippen molar-refractivity contribution in [3.8, 4) is 0 Å². The molecule has 0 spiro atoms. The predicted molar refractivity (Wildman–Crippen MR) is 150 cm³/mol. The number of halogens is 1. The van der Waals surface area contributed by atoms with E-state index < -0.39 is 23.9 Å². The number of carboxylic acids is 4. The van der Waals surface area contributed by atoms with E-state index in [0.29, 0.717) is 10.6 Å². The average molecular weight is 604 g/mol. The SMILES string of the molecule is O=C(Nc1cccc(CNCC(c2ccco2)N2CCCC2)c1)c1ccc(Cl)cc1.O=C(O)C(=O)O.O=C(O)C(=O)O. The van der Waals surface area contributed by atoms with Crippen molar-refractivity contribution in [2.75, 3.05) is 25.0 Å². The average Bonchev–Trinajstić information content (AvgIpc) is 3.68. The highest BCUT2D eigenvalue weighted by Gasteiger charge is 2.25. The van der Waals surface area contributed by atoms with Gasteiger partial charge in [-0.25, -0.2) is 19.2 Å². The number of nitrogens with one attached hydrogen (secondary N) is 2. The maximum Gasteiger partial charge on any atom is 0.414 e. The Morgan fingerprint density at radius 1 is 0.833 bits per heavy atom. The summed E-state index contributed by atoms with van der Waals surface area (Å²) >= 11 is 5.89. The van der Waals surface area contributed by atoms with E-state index in [-0.39, 0.29) is 11.9 Å². The first-order valence-corrected chi connectivity index (χ1v) is 12.9. The molecule has 4 rings (SSSR count). The molecule has 2 heterocycles. The second-order valence-corrected chi connectivity index (χ2v) is 9.22. The van der Waals surface area contributed by atoms with Crippen LogP contribution >= 0.6 is 11.6 Å².